The molecule has 4 nitrogen and oxygen atoms in total. The molecule has 2 aromatic carbocycles. The van der Waals surface area contributed by atoms with Crippen LogP contribution in [-0.2, 0) is 11.2 Å². The molecule has 0 aliphatic carbocycles. The van der Waals surface area contributed by atoms with Crippen molar-refractivity contribution in [2.45, 2.75) is 38.2 Å². The summed E-state index contributed by atoms with van der Waals surface area (Å²) in [5, 5.41) is 0.553. The Morgan fingerprint density at radius 2 is 1.89 bits per heavy atom. The van der Waals surface area contributed by atoms with Gasteiger partial charge in [0.1, 0.15) is 11.4 Å². The van der Waals surface area contributed by atoms with Crippen LogP contribution in [0.1, 0.15) is 40.7 Å². The van der Waals surface area contributed by atoms with E-state index in [4.69, 9.17) is 16.3 Å². The van der Waals surface area contributed by atoms with Crippen LogP contribution in [-0.4, -0.2) is 35.3 Å². The van der Waals surface area contributed by atoms with Crippen molar-refractivity contribution < 1.29 is 14.3 Å². The number of benzene rings is 2. The normalized spacial score (nSPS) is 18.0. The average molecular weight is 463 g/mol. The van der Waals surface area contributed by atoms with E-state index in [2.05, 4.69) is 15.9 Å². The number of aryl methyl sites for hydroxylation is 1. The summed E-state index contributed by atoms with van der Waals surface area (Å²) in [5.74, 6) is 0.833. The minimum atomic E-state index is -0.517. The molecule has 2 aliphatic rings. The van der Waals surface area contributed by atoms with Crippen molar-refractivity contribution in [2.24, 2.45) is 0 Å². The first-order chi connectivity index (χ1) is 13.3. The summed E-state index contributed by atoms with van der Waals surface area (Å²) in [6, 6.07) is 11.3. The van der Waals surface area contributed by atoms with E-state index in [-0.39, 0.29) is 11.7 Å². The molecule has 28 heavy (non-hydrogen) atoms. The molecule has 1 amide bonds. The van der Waals surface area contributed by atoms with Crippen LogP contribution in [0, 0.1) is 6.92 Å². The molecule has 4 rings (SSSR count). The number of Topliss-reactive ketones (excluding diaryl/α,β-unsaturated/α-hetero) is 1. The Balaban J connectivity index is 1.44. The van der Waals surface area contributed by atoms with Crippen molar-refractivity contribution in [3.05, 3.63) is 62.6 Å². The van der Waals surface area contributed by atoms with E-state index in [1.54, 1.807) is 6.07 Å². The monoisotopic (exact) mass is 461 g/mol. The molecule has 0 radical (unpaired) electrons. The minimum Gasteiger partial charge on any atom is -0.486 e. The van der Waals surface area contributed by atoms with Gasteiger partial charge in [0.05, 0.1) is 18.4 Å². The number of halogens is 2. The number of nitrogens with zero attached hydrogens (tertiary/aromatic N) is 1. The topological polar surface area (TPSA) is 46.6 Å². The third-order valence-corrected chi connectivity index (χ3v) is 6.38. The van der Waals surface area contributed by atoms with Gasteiger partial charge in [-0.1, -0.05) is 39.7 Å². The van der Waals surface area contributed by atoms with E-state index < -0.39 is 5.60 Å². The summed E-state index contributed by atoms with van der Waals surface area (Å²) >= 11 is 9.51. The number of carbonyl (C=O) groups is 2. The zero-order chi connectivity index (χ0) is 19.9. The van der Waals surface area contributed by atoms with Gasteiger partial charge in [-0.15, -0.1) is 0 Å². The van der Waals surface area contributed by atoms with Crippen LogP contribution in [0.3, 0.4) is 0 Å². The van der Waals surface area contributed by atoms with E-state index in [1.807, 2.05) is 42.2 Å². The van der Waals surface area contributed by atoms with Crippen LogP contribution >= 0.6 is 27.5 Å². The Kier molecular flexibility index (Phi) is 5.23. The maximum atomic E-state index is 12.7. The van der Waals surface area contributed by atoms with Gasteiger partial charge in [0.2, 0.25) is 5.91 Å². The zero-order valence-electron chi connectivity index (χ0n) is 15.6. The summed E-state index contributed by atoms with van der Waals surface area (Å²) in [6.45, 7) is 3.11. The molecule has 0 bridgehead atoms. The van der Waals surface area contributed by atoms with Crippen LogP contribution in [0.5, 0.6) is 5.75 Å². The number of ether oxygens (including phenoxy) is 1. The molecule has 2 heterocycles. The number of hydrogen-bond acceptors (Lipinski definition) is 3. The van der Waals surface area contributed by atoms with Gasteiger partial charge in [-0.2, -0.15) is 0 Å². The highest BCUT2D eigenvalue weighted by molar-refractivity contribution is 9.10. The third kappa shape index (κ3) is 3.83. The second kappa shape index (κ2) is 7.53. The number of ketones is 1. The van der Waals surface area contributed by atoms with E-state index in [0.29, 0.717) is 55.1 Å². The van der Waals surface area contributed by atoms with Gasteiger partial charge in [0.25, 0.3) is 0 Å². The second-order valence-corrected chi connectivity index (χ2v) is 9.02. The van der Waals surface area contributed by atoms with E-state index >= 15 is 0 Å². The molecular weight excluding hydrogens is 442 g/mol. The van der Waals surface area contributed by atoms with Gasteiger partial charge in [-0.3, -0.25) is 9.59 Å². The second-order valence-electron chi connectivity index (χ2n) is 7.67. The SMILES string of the molecule is Cc1cc(Cl)cc2c1OC1(CCN(C(=O)Cc3ccc(Br)cc3)CC1)CC2=O. The minimum absolute atomic E-state index is 0.0708. The number of hydrogen-bond donors (Lipinski definition) is 0. The zero-order valence-corrected chi connectivity index (χ0v) is 18.0. The fraction of sp³-hybridized carbons (Fsp3) is 0.364. The first kappa shape index (κ1) is 19.5. The fourth-order valence-electron chi connectivity index (χ4n) is 4.04. The van der Waals surface area contributed by atoms with Crippen molar-refractivity contribution in [3.8, 4) is 5.75 Å². The van der Waals surface area contributed by atoms with Crippen LogP contribution in [0.15, 0.2) is 40.9 Å². The molecule has 0 unspecified atom stereocenters. The highest BCUT2D eigenvalue weighted by Gasteiger charge is 2.44. The predicted molar refractivity (Wildman–Crippen MR) is 112 cm³/mol. The Hall–Kier alpha value is -1.85. The Labute approximate surface area is 177 Å². The Bertz CT molecular complexity index is 934. The quantitative estimate of drug-likeness (QED) is 0.632. The molecule has 2 aromatic rings. The lowest BCUT2D eigenvalue weighted by Gasteiger charge is -2.44. The van der Waals surface area contributed by atoms with Crippen LogP contribution in [0.4, 0.5) is 0 Å². The molecular formula is C22H21BrClNO3. The predicted octanol–water partition coefficient (Wildman–Crippen LogP) is 4.98. The smallest absolute Gasteiger partial charge is 0.226 e. The fourth-order valence-corrected chi connectivity index (χ4v) is 4.58. The lowest BCUT2D eigenvalue weighted by molar-refractivity contribution is -0.134. The number of piperidine rings is 1. The molecule has 0 saturated carbocycles. The van der Waals surface area contributed by atoms with Crippen LogP contribution in [0.25, 0.3) is 0 Å². The summed E-state index contributed by atoms with van der Waals surface area (Å²) in [5.41, 5.74) is 1.93. The number of rotatable bonds is 2. The molecule has 6 heteroatoms. The highest BCUT2D eigenvalue weighted by Crippen LogP contribution is 2.42. The van der Waals surface area contributed by atoms with E-state index in [1.165, 1.54) is 0 Å². The average Bonchev–Trinajstić information content (AvgIpc) is 2.65. The largest absolute Gasteiger partial charge is 0.486 e. The van der Waals surface area contributed by atoms with E-state index in [0.717, 1.165) is 15.6 Å². The molecule has 146 valence electrons. The standard InChI is InChI=1S/C22H21BrClNO3/c1-14-10-17(24)12-18-19(26)13-22(28-21(14)18)6-8-25(9-7-22)20(27)11-15-2-4-16(23)5-3-15/h2-5,10,12H,6-9,11,13H2,1H3. The molecule has 0 N–H and O–H groups in total. The first-order valence-electron chi connectivity index (χ1n) is 9.40. The van der Waals surface area contributed by atoms with Crippen molar-refractivity contribution in [1.29, 1.82) is 0 Å². The maximum Gasteiger partial charge on any atom is 0.226 e. The van der Waals surface area contributed by atoms with Crippen molar-refractivity contribution in [3.63, 3.8) is 0 Å². The third-order valence-electron chi connectivity index (χ3n) is 5.64. The molecule has 2 aliphatic heterocycles. The van der Waals surface area contributed by atoms with Gasteiger partial charge in [0.15, 0.2) is 5.78 Å². The molecule has 0 aromatic heterocycles. The van der Waals surface area contributed by atoms with Gasteiger partial charge >= 0.3 is 0 Å². The number of fused-ring (bicyclic) bond motifs is 1. The van der Waals surface area contributed by atoms with Gasteiger partial charge in [-0.25, -0.2) is 0 Å². The van der Waals surface area contributed by atoms with Gasteiger partial charge < -0.3 is 9.64 Å². The molecule has 1 fully saturated rings. The van der Waals surface area contributed by atoms with Gasteiger partial charge in [-0.05, 0) is 42.3 Å². The van der Waals surface area contributed by atoms with E-state index in [9.17, 15) is 9.59 Å². The van der Waals surface area contributed by atoms with Crippen LogP contribution in [0.2, 0.25) is 5.02 Å². The van der Waals surface area contributed by atoms with Gasteiger partial charge in [0, 0.05) is 35.4 Å². The summed E-state index contributed by atoms with van der Waals surface area (Å²) in [7, 11) is 0. The summed E-state index contributed by atoms with van der Waals surface area (Å²) in [6.07, 6.45) is 2.05. The lowest BCUT2D eigenvalue weighted by Crippen LogP contribution is -2.52. The maximum absolute atomic E-state index is 12.7. The van der Waals surface area contributed by atoms with Crippen LogP contribution < -0.4 is 4.74 Å². The summed E-state index contributed by atoms with van der Waals surface area (Å²) in [4.78, 5) is 27.3. The number of amides is 1. The summed E-state index contributed by atoms with van der Waals surface area (Å²) < 4.78 is 7.35. The van der Waals surface area contributed by atoms with Crippen molar-refractivity contribution in [1.82, 2.24) is 4.90 Å². The van der Waals surface area contributed by atoms with Crippen molar-refractivity contribution >= 4 is 39.2 Å². The Morgan fingerprint density at radius 3 is 2.57 bits per heavy atom. The number of carbonyl (C=O) groups excluding carboxylic acids is 2. The molecule has 1 spiro atoms. The highest BCUT2D eigenvalue weighted by atomic mass is 79.9. The molecule has 1 saturated heterocycles. The van der Waals surface area contributed by atoms with Crippen molar-refractivity contribution in [2.75, 3.05) is 13.1 Å². The first-order valence-corrected chi connectivity index (χ1v) is 10.6. The number of likely N-dealkylation sites (tertiary alicyclic amines) is 1. The molecule has 0 atom stereocenters. The Morgan fingerprint density at radius 1 is 1.21 bits per heavy atom. The lowest BCUT2D eigenvalue weighted by atomic mass is 9.82.